The highest BCUT2D eigenvalue weighted by Crippen LogP contribution is 2.43. The monoisotopic (exact) mass is 363 g/mol. The van der Waals surface area contributed by atoms with E-state index < -0.39 is 11.2 Å². The summed E-state index contributed by atoms with van der Waals surface area (Å²) in [6, 6.07) is 0. The van der Waals surface area contributed by atoms with E-state index in [0.29, 0.717) is 50.3 Å². The first-order valence-corrected chi connectivity index (χ1v) is 9.25. The zero-order valence-electron chi connectivity index (χ0n) is 16.1. The number of rotatable bonds is 2. The van der Waals surface area contributed by atoms with Gasteiger partial charge in [0.2, 0.25) is 0 Å². The van der Waals surface area contributed by atoms with Crippen LogP contribution in [0, 0.1) is 20.8 Å². The third-order valence-electron chi connectivity index (χ3n) is 6.25. The standard InChI is InChI=1S/C20H29NO5/c1-12-13(2)17-15(14(3)16(12)23)5-6-19(4,26-17)18(24)21-9-7-20(25,11-22)8-10-21/h22-23,25H,5-11H2,1-4H3/t19-/m1/s1. The highest BCUT2D eigenvalue weighted by molar-refractivity contribution is 5.86. The molecule has 6 nitrogen and oxygen atoms in total. The molecule has 0 spiro atoms. The predicted octanol–water partition coefficient (Wildman–Crippen LogP) is 1.75. The Labute approximate surface area is 154 Å². The number of hydrogen-bond acceptors (Lipinski definition) is 5. The van der Waals surface area contributed by atoms with Gasteiger partial charge in [0, 0.05) is 25.1 Å². The number of amides is 1. The lowest BCUT2D eigenvalue weighted by atomic mass is 9.85. The number of hydrogen-bond donors (Lipinski definition) is 3. The Hall–Kier alpha value is -1.79. The molecular weight excluding hydrogens is 334 g/mol. The van der Waals surface area contributed by atoms with Gasteiger partial charge in [-0.3, -0.25) is 4.79 Å². The number of aliphatic hydroxyl groups excluding tert-OH is 1. The number of phenols is 1. The number of phenolic OH excluding ortho intramolecular Hbond substituents is 1. The molecule has 144 valence electrons. The van der Waals surface area contributed by atoms with Gasteiger partial charge in [0.1, 0.15) is 11.5 Å². The van der Waals surface area contributed by atoms with Gasteiger partial charge in [0.25, 0.3) is 5.91 Å². The third-order valence-corrected chi connectivity index (χ3v) is 6.25. The summed E-state index contributed by atoms with van der Waals surface area (Å²) in [5.41, 5.74) is 1.41. The van der Waals surface area contributed by atoms with Gasteiger partial charge < -0.3 is 25.0 Å². The zero-order valence-corrected chi connectivity index (χ0v) is 16.1. The van der Waals surface area contributed by atoms with Crippen LogP contribution in [0.3, 0.4) is 0 Å². The van der Waals surface area contributed by atoms with Gasteiger partial charge in [0.15, 0.2) is 5.60 Å². The van der Waals surface area contributed by atoms with Gasteiger partial charge in [-0.05, 0) is 63.6 Å². The van der Waals surface area contributed by atoms with Gasteiger partial charge in [-0.2, -0.15) is 0 Å². The fourth-order valence-corrected chi connectivity index (χ4v) is 4.02. The van der Waals surface area contributed by atoms with Crippen molar-refractivity contribution in [1.82, 2.24) is 4.90 Å². The fourth-order valence-electron chi connectivity index (χ4n) is 4.02. The number of ether oxygens (including phenoxy) is 1. The summed E-state index contributed by atoms with van der Waals surface area (Å²) < 4.78 is 6.25. The number of likely N-dealkylation sites (tertiary alicyclic amines) is 1. The van der Waals surface area contributed by atoms with Crippen molar-refractivity contribution in [1.29, 1.82) is 0 Å². The molecule has 3 rings (SSSR count). The van der Waals surface area contributed by atoms with E-state index in [1.807, 2.05) is 27.7 Å². The van der Waals surface area contributed by atoms with E-state index >= 15 is 0 Å². The van der Waals surface area contributed by atoms with E-state index in [9.17, 15) is 20.1 Å². The second kappa shape index (κ2) is 6.43. The summed E-state index contributed by atoms with van der Waals surface area (Å²) in [5, 5.41) is 29.7. The average Bonchev–Trinajstić information content (AvgIpc) is 2.64. The maximum Gasteiger partial charge on any atom is 0.266 e. The molecule has 0 saturated carbocycles. The molecule has 0 bridgehead atoms. The van der Waals surface area contributed by atoms with Crippen LogP contribution >= 0.6 is 0 Å². The maximum absolute atomic E-state index is 13.1. The first-order chi connectivity index (χ1) is 12.1. The Morgan fingerprint density at radius 2 is 1.73 bits per heavy atom. The van der Waals surface area contributed by atoms with Gasteiger partial charge in [-0.25, -0.2) is 0 Å². The normalized spacial score (nSPS) is 24.8. The van der Waals surface area contributed by atoms with Crippen molar-refractivity contribution in [2.75, 3.05) is 19.7 Å². The SMILES string of the molecule is Cc1c(C)c2c(c(C)c1O)CC[C@](C)(C(=O)N1CCC(O)(CO)CC1)O2. The average molecular weight is 363 g/mol. The van der Waals surface area contributed by atoms with Crippen LogP contribution in [0.4, 0.5) is 0 Å². The molecule has 0 unspecified atom stereocenters. The number of carbonyl (C=O) groups is 1. The van der Waals surface area contributed by atoms with Crippen molar-refractivity contribution in [2.45, 2.75) is 64.6 Å². The molecule has 1 amide bonds. The quantitative estimate of drug-likeness (QED) is 0.745. The van der Waals surface area contributed by atoms with Crippen molar-refractivity contribution in [3.63, 3.8) is 0 Å². The van der Waals surface area contributed by atoms with E-state index in [1.54, 1.807) is 4.90 Å². The molecule has 3 N–H and O–H groups in total. The number of aromatic hydroxyl groups is 1. The molecule has 6 heteroatoms. The molecular formula is C20H29NO5. The highest BCUT2D eigenvalue weighted by Gasteiger charge is 2.45. The molecule has 1 fully saturated rings. The Kier molecular flexibility index (Phi) is 4.69. The Balaban J connectivity index is 1.84. The van der Waals surface area contributed by atoms with Crippen LogP contribution in [0.1, 0.15) is 48.4 Å². The molecule has 0 aliphatic carbocycles. The number of carbonyl (C=O) groups excluding carboxylic acids is 1. The van der Waals surface area contributed by atoms with Crippen molar-refractivity contribution >= 4 is 5.91 Å². The fraction of sp³-hybridized carbons (Fsp3) is 0.650. The summed E-state index contributed by atoms with van der Waals surface area (Å²) in [5.74, 6) is 0.939. The minimum Gasteiger partial charge on any atom is -0.507 e. The molecule has 0 radical (unpaired) electrons. The highest BCUT2D eigenvalue weighted by atomic mass is 16.5. The first-order valence-electron chi connectivity index (χ1n) is 9.25. The minimum absolute atomic E-state index is 0.0779. The van der Waals surface area contributed by atoms with E-state index in [4.69, 9.17) is 4.74 Å². The van der Waals surface area contributed by atoms with E-state index in [1.165, 1.54) is 0 Å². The number of aliphatic hydroxyl groups is 2. The van der Waals surface area contributed by atoms with Gasteiger partial charge in [-0.1, -0.05) is 0 Å². The summed E-state index contributed by atoms with van der Waals surface area (Å²) in [7, 11) is 0. The largest absolute Gasteiger partial charge is 0.507 e. The lowest BCUT2D eigenvalue weighted by molar-refractivity contribution is -0.153. The van der Waals surface area contributed by atoms with Crippen molar-refractivity contribution in [2.24, 2.45) is 0 Å². The molecule has 2 aliphatic rings. The van der Waals surface area contributed by atoms with Crippen LogP contribution in [0.25, 0.3) is 0 Å². The lowest BCUT2D eigenvalue weighted by Gasteiger charge is -2.43. The van der Waals surface area contributed by atoms with Crippen LogP contribution in [-0.4, -0.2) is 57.0 Å². The Bertz CT molecular complexity index is 736. The molecule has 2 aliphatic heterocycles. The first kappa shape index (κ1) is 19.0. The summed E-state index contributed by atoms with van der Waals surface area (Å²) in [6.45, 7) is 8.01. The Morgan fingerprint density at radius 3 is 2.31 bits per heavy atom. The molecule has 1 aromatic carbocycles. The van der Waals surface area contributed by atoms with Crippen LogP contribution in [0.15, 0.2) is 0 Å². The van der Waals surface area contributed by atoms with Crippen molar-refractivity contribution in [3.8, 4) is 11.5 Å². The predicted molar refractivity (Wildman–Crippen MR) is 97.5 cm³/mol. The molecule has 1 saturated heterocycles. The number of nitrogens with zero attached hydrogens (tertiary/aromatic N) is 1. The molecule has 1 aromatic rings. The number of piperidine rings is 1. The van der Waals surface area contributed by atoms with Gasteiger partial charge in [-0.15, -0.1) is 0 Å². The lowest BCUT2D eigenvalue weighted by Crippen LogP contribution is -2.57. The summed E-state index contributed by atoms with van der Waals surface area (Å²) in [4.78, 5) is 14.9. The maximum atomic E-state index is 13.1. The summed E-state index contributed by atoms with van der Waals surface area (Å²) in [6.07, 6.45) is 1.95. The van der Waals surface area contributed by atoms with Crippen LogP contribution < -0.4 is 4.74 Å². The van der Waals surface area contributed by atoms with E-state index in [-0.39, 0.29) is 12.5 Å². The topological polar surface area (TPSA) is 90.2 Å². The molecule has 1 atom stereocenters. The van der Waals surface area contributed by atoms with Crippen molar-refractivity contribution in [3.05, 3.63) is 22.3 Å². The van der Waals surface area contributed by atoms with Gasteiger partial charge in [0.05, 0.1) is 12.2 Å². The second-order valence-electron chi connectivity index (χ2n) is 8.04. The van der Waals surface area contributed by atoms with Crippen LogP contribution in [-0.2, 0) is 11.2 Å². The van der Waals surface area contributed by atoms with Crippen LogP contribution in [0.5, 0.6) is 11.5 Å². The third kappa shape index (κ3) is 2.95. The van der Waals surface area contributed by atoms with Crippen molar-refractivity contribution < 1.29 is 24.9 Å². The van der Waals surface area contributed by atoms with Gasteiger partial charge >= 0.3 is 0 Å². The second-order valence-corrected chi connectivity index (χ2v) is 8.04. The van der Waals surface area contributed by atoms with Crippen LogP contribution in [0.2, 0.25) is 0 Å². The smallest absolute Gasteiger partial charge is 0.266 e. The zero-order chi connectivity index (χ0) is 19.3. The molecule has 0 aromatic heterocycles. The summed E-state index contributed by atoms with van der Waals surface area (Å²) >= 11 is 0. The number of fused-ring (bicyclic) bond motifs is 1. The minimum atomic E-state index is -1.08. The Morgan fingerprint density at radius 1 is 1.12 bits per heavy atom. The van der Waals surface area contributed by atoms with E-state index in [2.05, 4.69) is 0 Å². The molecule has 26 heavy (non-hydrogen) atoms. The number of benzene rings is 1. The van der Waals surface area contributed by atoms with E-state index in [0.717, 1.165) is 22.3 Å². The molecule has 2 heterocycles.